The van der Waals surface area contributed by atoms with E-state index < -0.39 is 6.09 Å². The molecule has 7 nitrogen and oxygen atoms in total. The monoisotopic (exact) mass is 241 g/mol. The summed E-state index contributed by atoms with van der Waals surface area (Å²) in [5.74, 6) is 0.385. The first kappa shape index (κ1) is 12.0. The van der Waals surface area contributed by atoms with Gasteiger partial charge in [0.05, 0.1) is 6.20 Å². The second kappa shape index (κ2) is 5.72. The lowest BCUT2D eigenvalue weighted by molar-refractivity contribution is 0.195. The van der Waals surface area contributed by atoms with Crippen LogP contribution in [0.2, 0.25) is 5.15 Å². The molecule has 0 aliphatic heterocycles. The number of carboxylic acid groups (broad SMARTS) is 1. The van der Waals surface area contributed by atoms with Crippen LogP contribution < -0.4 is 10.6 Å². The van der Waals surface area contributed by atoms with Crippen molar-refractivity contribution in [2.24, 2.45) is 0 Å². The summed E-state index contributed by atoms with van der Waals surface area (Å²) in [7, 11) is 0. The Morgan fingerprint density at radius 2 is 2.38 bits per heavy atom. The highest BCUT2D eigenvalue weighted by Crippen LogP contribution is 2.11. The molecule has 1 amide bonds. The predicted octanol–water partition coefficient (Wildman–Crippen LogP) is 0.681. The van der Waals surface area contributed by atoms with Gasteiger partial charge in [-0.05, 0) is 0 Å². The molecule has 16 heavy (non-hydrogen) atoms. The molecule has 3 N–H and O–H groups in total. The Hall–Kier alpha value is -2.07. The van der Waals surface area contributed by atoms with Crippen molar-refractivity contribution in [2.45, 2.75) is 0 Å². The van der Waals surface area contributed by atoms with Crippen LogP contribution in [0.4, 0.5) is 10.6 Å². The third-order valence-corrected chi connectivity index (χ3v) is 1.81. The van der Waals surface area contributed by atoms with Crippen LogP contribution in [-0.4, -0.2) is 34.3 Å². The SMILES string of the molecule is N#Cc1ncc(NCCNC(=O)O)nc1Cl. The zero-order chi connectivity index (χ0) is 12.0. The topological polar surface area (TPSA) is 111 Å². The smallest absolute Gasteiger partial charge is 0.404 e. The molecular weight excluding hydrogens is 234 g/mol. The lowest BCUT2D eigenvalue weighted by atomic mass is 10.5. The predicted molar refractivity (Wildman–Crippen MR) is 56.3 cm³/mol. The van der Waals surface area contributed by atoms with E-state index in [0.29, 0.717) is 12.4 Å². The maximum atomic E-state index is 10.1. The first-order valence-electron chi connectivity index (χ1n) is 4.27. The van der Waals surface area contributed by atoms with Gasteiger partial charge in [-0.15, -0.1) is 0 Å². The number of anilines is 1. The van der Waals surface area contributed by atoms with Gasteiger partial charge in [0, 0.05) is 13.1 Å². The number of carbonyl (C=O) groups is 1. The van der Waals surface area contributed by atoms with Crippen LogP contribution in [0.3, 0.4) is 0 Å². The zero-order valence-electron chi connectivity index (χ0n) is 8.07. The van der Waals surface area contributed by atoms with E-state index >= 15 is 0 Å². The average Bonchev–Trinajstić information content (AvgIpc) is 2.24. The zero-order valence-corrected chi connectivity index (χ0v) is 8.82. The van der Waals surface area contributed by atoms with E-state index in [1.54, 1.807) is 6.07 Å². The van der Waals surface area contributed by atoms with Crippen molar-refractivity contribution >= 4 is 23.5 Å². The number of hydrogen-bond acceptors (Lipinski definition) is 5. The summed E-state index contributed by atoms with van der Waals surface area (Å²) in [6, 6.07) is 1.78. The van der Waals surface area contributed by atoms with E-state index in [0.717, 1.165) is 0 Å². The number of amides is 1. The normalized spacial score (nSPS) is 9.25. The lowest BCUT2D eigenvalue weighted by Gasteiger charge is -2.05. The molecule has 0 saturated heterocycles. The van der Waals surface area contributed by atoms with E-state index in [-0.39, 0.29) is 17.4 Å². The Bertz CT molecular complexity index is 431. The quantitative estimate of drug-likeness (QED) is 0.669. The Labute approximate surface area is 96.1 Å². The van der Waals surface area contributed by atoms with Crippen LogP contribution in [0.1, 0.15) is 5.69 Å². The Kier molecular flexibility index (Phi) is 4.29. The molecule has 0 bridgehead atoms. The second-order valence-electron chi connectivity index (χ2n) is 2.67. The van der Waals surface area contributed by atoms with Crippen molar-refractivity contribution in [3.8, 4) is 6.07 Å². The van der Waals surface area contributed by atoms with Gasteiger partial charge in [-0.2, -0.15) is 5.26 Å². The maximum Gasteiger partial charge on any atom is 0.404 e. The highest BCUT2D eigenvalue weighted by atomic mass is 35.5. The third kappa shape index (κ3) is 3.59. The largest absolute Gasteiger partial charge is 0.465 e. The van der Waals surface area contributed by atoms with E-state index in [1.807, 2.05) is 0 Å². The van der Waals surface area contributed by atoms with E-state index in [4.69, 9.17) is 22.0 Å². The minimum absolute atomic E-state index is 0.0127. The van der Waals surface area contributed by atoms with Gasteiger partial charge in [-0.3, -0.25) is 0 Å². The van der Waals surface area contributed by atoms with E-state index in [1.165, 1.54) is 6.20 Å². The molecule has 0 spiro atoms. The van der Waals surface area contributed by atoms with Crippen molar-refractivity contribution < 1.29 is 9.90 Å². The molecule has 1 aromatic heterocycles. The minimum Gasteiger partial charge on any atom is -0.465 e. The van der Waals surface area contributed by atoms with Crippen LogP contribution in [0.15, 0.2) is 6.20 Å². The maximum absolute atomic E-state index is 10.1. The number of nitrogens with one attached hydrogen (secondary N) is 2. The van der Waals surface area contributed by atoms with Gasteiger partial charge < -0.3 is 15.7 Å². The molecule has 1 aromatic rings. The molecule has 0 fully saturated rings. The standard InChI is InChI=1S/C8H8ClN5O2/c9-7-5(3-10)13-4-6(14-7)11-1-2-12-8(15)16/h4,12H,1-2H2,(H,11,14)(H,15,16). The average molecular weight is 242 g/mol. The highest BCUT2D eigenvalue weighted by molar-refractivity contribution is 6.30. The molecule has 1 rings (SSSR count). The molecule has 0 radical (unpaired) electrons. The number of halogens is 1. The van der Waals surface area contributed by atoms with Crippen LogP contribution >= 0.6 is 11.6 Å². The van der Waals surface area contributed by atoms with Gasteiger partial charge in [0.15, 0.2) is 10.8 Å². The summed E-state index contributed by atoms with van der Waals surface area (Å²) in [5.41, 5.74) is 0.0517. The molecule has 84 valence electrons. The van der Waals surface area contributed by atoms with Crippen LogP contribution in [0.25, 0.3) is 0 Å². The summed E-state index contributed by atoms with van der Waals surface area (Å²) >= 11 is 5.65. The van der Waals surface area contributed by atoms with Gasteiger partial charge >= 0.3 is 6.09 Å². The van der Waals surface area contributed by atoms with Gasteiger partial charge in [-0.25, -0.2) is 14.8 Å². The second-order valence-corrected chi connectivity index (χ2v) is 3.02. The molecule has 0 aliphatic carbocycles. The van der Waals surface area contributed by atoms with Gasteiger partial charge in [0.2, 0.25) is 0 Å². The fourth-order valence-corrected chi connectivity index (χ4v) is 1.07. The molecule has 0 atom stereocenters. The summed E-state index contributed by atoms with van der Waals surface area (Å²) in [5, 5.41) is 21.8. The van der Waals surface area contributed by atoms with Crippen molar-refractivity contribution in [3.05, 3.63) is 17.0 Å². The summed E-state index contributed by atoms with van der Waals surface area (Å²) in [4.78, 5) is 17.7. The third-order valence-electron chi connectivity index (χ3n) is 1.54. The van der Waals surface area contributed by atoms with Crippen molar-refractivity contribution in [2.75, 3.05) is 18.4 Å². The molecule has 0 aliphatic rings. The molecular formula is C8H8ClN5O2. The van der Waals surface area contributed by atoms with Crippen LogP contribution in [-0.2, 0) is 0 Å². The molecule has 0 unspecified atom stereocenters. The van der Waals surface area contributed by atoms with Crippen LogP contribution in [0.5, 0.6) is 0 Å². The van der Waals surface area contributed by atoms with E-state index in [9.17, 15) is 4.79 Å². The van der Waals surface area contributed by atoms with Crippen molar-refractivity contribution in [3.63, 3.8) is 0 Å². The fraction of sp³-hybridized carbons (Fsp3) is 0.250. The molecule has 1 heterocycles. The molecule has 0 aromatic carbocycles. The highest BCUT2D eigenvalue weighted by Gasteiger charge is 2.03. The summed E-state index contributed by atoms with van der Waals surface area (Å²) in [6.07, 6.45) is 0.260. The van der Waals surface area contributed by atoms with Gasteiger partial charge in [-0.1, -0.05) is 11.6 Å². The Morgan fingerprint density at radius 1 is 1.62 bits per heavy atom. The molecule has 8 heteroatoms. The van der Waals surface area contributed by atoms with Gasteiger partial charge in [0.25, 0.3) is 0 Å². The Balaban J connectivity index is 2.47. The first-order chi connectivity index (χ1) is 7.63. The number of rotatable bonds is 4. The summed E-state index contributed by atoms with van der Waals surface area (Å²) in [6.45, 7) is 0.581. The van der Waals surface area contributed by atoms with Crippen molar-refractivity contribution in [1.29, 1.82) is 5.26 Å². The molecule has 0 saturated carbocycles. The Morgan fingerprint density at radius 3 is 2.94 bits per heavy atom. The van der Waals surface area contributed by atoms with Crippen LogP contribution in [0, 0.1) is 11.3 Å². The van der Waals surface area contributed by atoms with E-state index in [2.05, 4.69) is 20.6 Å². The van der Waals surface area contributed by atoms with Crippen molar-refractivity contribution in [1.82, 2.24) is 15.3 Å². The minimum atomic E-state index is -1.09. The lowest BCUT2D eigenvalue weighted by Crippen LogP contribution is -2.27. The number of hydrogen-bond donors (Lipinski definition) is 3. The fourth-order valence-electron chi connectivity index (χ4n) is 0.887. The number of aromatic nitrogens is 2. The number of nitriles is 1. The summed E-state index contributed by atoms with van der Waals surface area (Å²) < 4.78 is 0. The van der Waals surface area contributed by atoms with Gasteiger partial charge in [0.1, 0.15) is 11.9 Å². The first-order valence-corrected chi connectivity index (χ1v) is 4.64. The number of nitrogens with zero attached hydrogens (tertiary/aromatic N) is 3.